The van der Waals surface area contributed by atoms with Crippen molar-refractivity contribution in [1.29, 1.82) is 0 Å². The first kappa shape index (κ1) is 21.0. The van der Waals surface area contributed by atoms with Crippen LogP contribution in [0.4, 0.5) is 0 Å². The second-order valence-electron chi connectivity index (χ2n) is 8.33. The van der Waals surface area contributed by atoms with Crippen molar-refractivity contribution in [2.45, 2.75) is 18.8 Å². The quantitative estimate of drug-likeness (QED) is 0.610. The fourth-order valence-corrected chi connectivity index (χ4v) is 4.67. The summed E-state index contributed by atoms with van der Waals surface area (Å²) in [5, 5.41) is 5.00. The van der Waals surface area contributed by atoms with Crippen molar-refractivity contribution in [1.82, 2.24) is 19.4 Å². The minimum absolute atomic E-state index is 0.00355. The lowest BCUT2D eigenvalue weighted by Gasteiger charge is -2.32. The van der Waals surface area contributed by atoms with Crippen molar-refractivity contribution < 1.29 is 14.3 Å². The number of piperidine rings is 1. The van der Waals surface area contributed by atoms with Crippen LogP contribution in [0.5, 0.6) is 0 Å². The van der Waals surface area contributed by atoms with Crippen molar-refractivity contribution >= 4 is 28.9 Å². The van der Waals surface area contributed by atoms with Gasteiger partial charge in [0.25, 0.3) is 11.8 Å². The highest BCUT2D eigenvalue weighted by molar-refractivity contribution is 6.30. The normalized spacial score (nSPS) is 17.7. The monoisotopic (exact) mass is 452 g/mol. The van der Waals surface area contributed by atoms with Gasteiger partial charge >= 0.3 is 0 Å². The van der Waals surface area contributed by atoms with Gasteiger partial charge in [-0.3, -0.25) is 9.59 Å². The Morgan fingerprint density at radius 3 is 2.34 bits per heavy atom. The molecule has 2 saturated heterocycles. The van der Waals surface area contributed by atoms with E-state index in [0.717, 1.165) is 18.4 Å². The van der Waals surface area contributed by atoms with Crippen molar-refractivity contribution in [3.63, 3.8) is 0 Å². The smallest absolute Gasteiger partial charge is 0.257 e. The van der Waals surface area contributed by atoms with E-state index in [-0.39, 0.29) is 11.8 Å². The van der Waals surface area contributed by atoms with Gasteiger partial charge in [0.15, 0.2) is 0 Å². The van der Waals surface area contributed by atoms with E-state index < -0.39 is 0 Å². The standard InChI is InChI=1S/C24H25ClN4O3/c25-20-3-1-18(2-4-20)23(30)27-8-5-17(6-9-27)19-7-10-29-22(15-19)21(16-26-29)24(31)28-11-13-32-14-12-28/h1-4,7,10,15-17H,5-6,8-9,11-14H2. The molecule has 0 atom stereocenters. The van der Waals surface area contributed by atoms with Crippen LogP contribution in [0, 0.1) is 0 Å². The summed E-state index contributed by atoms with van der Waals surface area (Å²) in [6, 6.07) is 11.2. The molecular weight excluding hydrogens is 428 g/mol. The Kier molecular flexibility index (Phi) is 5.85. The summed E-state index contributed by atoms with van der Waals surface area (Å²) in [6.45, 7) is 3.77. The highest BCUT2D eigenvalue weighted by Crippen LogP contribution is 2.30. The first-order valence-electron chi connectivity index (χ1n) is 11.0. The first-order valence-corrected chi connectivity index (χ1v) is 11.4. The Bertz CT molecular complexity index is 1130. The van der Waals surface area contributed by atoms with Crippen LogP contribution in [0.15, 0.2) is 48.8 Å². The molecule has 1 aromatic carbocycles. The van der Waals surface area contributed by atoms with E-state index in [9.17, 15) is 9.59 Å². The SMILES string of the molecule is O=C(c1ccc(Cl)cc1)N1CCC(c2ccn3ncc(C(=O)N4CCOCC4)c3c2)CC1. The number of pyridine rings is 1. The molecule has 2 aliphatic rings. The van der Waals surface area contributed by atoms with E-state index in [0.29, 0.717) is 61.5 Å². The second-order valence-corrected chi connectivity index (χ2v) is 8.76. The zero-order valence-electron chi connectivity index (χ0n) is 17.7. The van der Waals surface area contributed by atoms with E-state index in [1.54, 1.807) is 35.0 Å². The number of hydrogen-bond acceptors (Lipinski definition) is 4. The van der Waals surface area contributed by atoms with Gasteiger partial charge in [0, 0.05) is 43.0 Å². The third-order valence-corrected chi connectivity index (χ3v) is 6.67. The van der Waals surface area contributed by atoms with Crippen molar-refractivity contribution in [2.75, 3.05) is 39.4 Å². The van der Waals surface area contributed by atoms with Gasteiger partial charge in [-0.2, -0.15) is 5.10 Å². The summed E-state index contributed by atoms with van der Waals surface area (Å²) in [6.07, 6.45) is 5.35. The average Bonchev–Trinajstić information content (AvgIpc) is 3.27. The lowest BCUT2D eigenvalue weighted by atomic mass is 9.89. The number of likely N-dealkylation sites (tertiary alicyclic amines) is 1. The van der Waals surface area contributed by atoms with Crippen LogP contribution >= 0.6 is 11.6 Å². The maximum Gasteiger partial charge on any atom is 0.257 e. The number of fused-ring (bicyclic) bond motifs is 1. The fraction of sp³-hybridized carbons (Fsp3) is 0.375. The van der Waals surface area contributed by atoms with Crippen LogP contribution in [-0.2, 0) is 4.74 Å². The first-order chi connectivity index (χ1) is 15.6. The van der Waals surface area contributed by atoms with Crippen LogP contribution in [0.25, 0.3) is 5.52 Å². The Hall–Kier alpha value is -2.90. The highest BCUT2D eigenvalue weighted by Gasteiger charge is 2.26. The lowest BCUT2D eigenvalue weighted by molar-refractivity contribution is 0.0304. The number of morpholine rings is 1. The number of benzene rings is 1. The minimum atomic E-state index is 0.00355. The molecule has 32 heavy (non-hydrogen) atoms. The Morgan fingerprint density at radius 2 is 1.62 bits per heavy atom. The van der Waals surface area contributed by atoms with Gasteiger partial charge in [-0.05, 0) is 60.7 Å². The molecule has 8 heteroatoms. The summed E-state index contributed by atoms with van der Waals surface area (Å²) in [5.41, 5.74) is 3.31. The zero-order chi connectivity index (χ0) is 22.1. The highest BCUT2D eigenvalue weighted by atomic mass is 35.5. The molecule has 0 saturated carbocycles. The molecule has 2 aromatic heterocycles. The Morgan fingerprint density at radius 1 is 0.938 bits per heavy atom. The molecule has 5 rings (SSSR count). The van der Waals surface area contributed by atoms with Crippen molar-refractivity contribution in [3.05, 3.63) is 70.5 Å². The predicted molar refractivity (Wildman–Crippen MR) is 121 cm³/mol. The molecule has 4 heterocycles. The van der Waals surface area contributed by atoms with Gasteiger partial charge in [0.1, 0.15) is 0 Å². The molecule has 166 valence electrons. The maximum absolute atomic E-state index is 13.0. The van der Waals surface area contributed by atoms with E-state index in [1.807, 2.05) is 16.0 Å². The van der Waals surface area contributed by atoms with Gasteiger partial charge in [0.2, 0.25) is 0 Å². The predicted octanol–water partition coefficient (Wildman–Crippen LogP) is 3.48. The summed E-state index contributed by atoms with van der Waals surface area (Å²) in [4.78, 5) is 29.5. The largest absolute Gasteiger partial charge is 0.378 e. The molecule has 0 radical (unpaired) electrons. The van der Waals surface area contributed by atoms with Gasteiger partial charge in [-0.1, -0.05) is 11.6 Å². The average molecular weight is 453 g/mol. The van der Waals surface area contributed by atoms with Crippen molar-refractivity contribution in [2.24, 2.45) is 0 Å². The molecular formula is C24H25ClN4O3. The van der Waals surface area contributed by atoms with Crippen molar-refractivity contribution in [3.8, 4) is 0 Å². The number of rotatable bonds is 3. The third-order valence-electron chi connectivity index (χ3n) is 6.42. The summed E-state index contributed by atoms with van der Waals surface area (Å²) in [7, 11) is 0. The summed E-state index contributed by atoms with van der Waals surface area (Å²) in [5.74, 6) is 0.393. The minimum Gasteiger partial charge on any atom is -0.378 e. The molecule has 2 fully saturated rings. The van der Waals surface area contributed by atoms with E-state index in [2.05, 4.69) is 17.2 Å². The Balaban J connectivity index is 1.30. The van der Waals surface area contributed by atoms with Crippen LogP contribution in [0.1, 0.15) is 45.0 Å². The molecule has 0 aliphatic carbocycles. The van der Waals surface area contributed by atoms with E-state index in [1.165, 1.54) is 5.56 Å². The molecule has 0 unspecified atom stereocenters. The molecule has 2 aliphatic heterocycles. The van der Waals surface area contributed by atoms with Gasteiger partial charge in [0.05, 0.1) is 30.5 Å². The second kappa shape index (κ2) is 8.92. The summed E-state index contributed by atoms with van der Waals surface area (Å²) >= 11 is 5.94. The summed E-state index contributed by atoms with van der Waals surface area (Å²) < 4.78 is 7.12. The number of amides is 2. The molecule has 0 bridgehead atoms. The lowest BCUT2D eigenvalue weighted by Crippen LogP contribution is -2.40. The maximum atomic E-state index is 13.0. The van der Waals surface area contributed by atoms with Crippen LogP contribution in [-0.4, -0.2) is 70.6 Å². The van der Waals surface area contributed by atoms with Crippen LogP contribution in [0.3, 0.4) is 0 Å². The third kappa shape index (κ3) is 4.10. The number of halogens is 1. The fourth-order valence-electron chi connectivity index (χ4n) is 4.54. The van der Waals surface area contributed by atoms with Crippen LogP contribution < -0.4 is 0 Å². The molecule has 0 N–H and O–H groups in total. The van der Waals surface area contributed by atoms with Gasteiger partial charge in [-0.25, -0.2) is 4.52 Å². The van der Waals surface area contributed by atoms with Crippen LogP contribution in [0.2, 0.25) is 5.02 Å². The molecule has 2 amide bonds. The number of carbonyl (C=O) groups excluding carboxylic acids is 2. The Labute approximate surface area is 191 Å². The number of ether oxygens (including phenoxy) is 1. The van der Waals surface area contributed by atoms with E-state index >= 15 is 0 Å². The zero-order valence-corrected chi connectivity index (χ0v) is 18.5. The van der Waals surface area contributed by atoms with E-state index in [4.69, 9.17) is 16.3 Å². The molecule has 0 spiro atoms. The molecule has 3 aromatic rings. The number of carbonyl (C=O) groups is 2. The topological polar surface area (TPSA) is 67.2 Å². The number of aromatic nitrogens is 2. The number of nitrogens with zero attached hydrogens (tertiary/aromatic N) is 4. The van der Waals surface area contributed by atoms with Gasteiger partial charge < -0.3 is 14.5 Å². The number of hydrogen-bond donors (Lipinski definition) is 0. The molecule has 7 nitrogen and oxygen atoms in total. The van der Waals surface area contributed by atoms with Gasteiger partial charge in [-0.15, -0.1) is 0 Å².